The maximum Gasteiger partial charge on any atom is 0.0793 e. The van der Waals surface area contributed by atoms with E-state index in [1.54, 1.807) is 0 Å². The minimum absolute atomic E-state index is 0.309. The summed E-state index contributed by atoms with van der Waals surface area (Å²) in [7, 11) is 0. The molecule has 0 unspecified atom stereocenters. The van der Waals surface area contributed by atoms with E-state index in [4.69, 9.17) is 11.6 Å². The molecule has 0 aliphatic heterocycles. The predicted octanol–water partition coefficient (Wildman–Crippen LogP) is 3.10. The summed E-state index contributed by atoms with van der Waals surface area (Å²) in [5, 5.41) is 10.6. The average molecular weight is 197 g/mol. The second kappa shape index (κ2) is 3.69. The highest BCUT2D eigenvalue weighted by Crippen LogP contribution is 2.32. The first kappa shape index (κ1) is 9.04. The minimum Gasteiger partial charge on any atom is -0.388 e. The van der Waals surface area contributed by atoms with Crippen molar-refractivity contribution >= 4 is 11.6 Å². The molecule has 1 nitrogen and oxygen atoms in total. The highest BCUT2D eigenvalue weighted by atomic mass is 35.5. The Hall–Kier alpha value is -0.530. The molecule has 70 valence electrons. The molecule has 2 heteroatoms. The average Bonchev–Trinajstić information content (AvgIpc) is 2.30. The number of aliphatic hydroxyl groups is 1. The third-order valence-electron chi connectivity index (χ3n) is 2.67. The number of hydrogen-bond acceptors (Lipinski definition) is 1. The van der Waals surface area contributed by atoms with Crippen molar-refractivity contribution in [2.45, 2.75) is 31.8 Å². The summed E-state index contributed by atoms with van der Waals surface area (Å²) in [5.74, 6) is 0. The molecule has 1 N–H and O–H groups in total. The summed E-state index contributed by atoms with van der Waals surface area (Å²) >= 11 is 6.07. The van der Waals surface area contributed by atoms with Crippen LogP contribution in [0, 0.1) is 0 Å². The van der Waals surface area contributed by atoms with Crippen molar-refractivity contribution in [1.29, 1.82) is 0 Å². The zero-order valence-corrected chi connectivity index (χ0v) is 8.22. The molecule has 0 radical (unpaired) electrons. The summed E-state index contributed by atoms with van der Waals surface area (Å²) in [4.78, 5) is 0. The van der Waals surface area contributed by atoms with Crippen molar-refractivity contribution in [2.24, 2.45) is 0 Å². The SMILES string of the molecule is O[C@@H]1CCCCc2c(Cl)cccc21. The highest BCUT2D eigenvalue weighted by Gasteiger charge is 2.17. The normalized spacial score (nSPS) is 22.2. The zero-order valence-electron chi connectivity index (χ0n) is 7.46. The molecule has 1 aromatic carbocycles. The molecule has 1 aliphatic rings. The Morgan fingerprint density at radius 3 is 3.00 bits per heavy atom. The second-order valence-electron chi connectivity index (χ2n) is 3.57. The van der Waals surface area contributed by atoms with Crippen molar-refractivity contribution in [3.05, 3.63) is 34.3 Å². The van der Waals surface area contributed by atoms with Crippen LogP contribution in [0.4, 0.5) is 0 Å². The summed E-state index contributed by atoms with van der Waals surface area (Å²) in [6.07, 6.45) is 3.79. The standard InChI is InChI=1S/C11H13ClO/c12-10-6-3-5-9-8(10)4-1-2-7-11(9)13/h3,5-6,11,13H,1-2,4,7H2/t11-/m1/s1. The lowest BCUT2D eigenvalue weighted by Gasteiger charge is -2.11. The molecule has 2 rings (SSSR count). The van der Waals surface area contributed by atoms with E-state index < -0.39 is 0 Å². The summed E-state index contributed by atoms with van der Waals surface area (Å²) in [6.45, 7) is 0. The summed E-state index contributed by atoms with van der Waals surface area (Å²) in [5.41, 5.74) is 2.18. The molecule has 0 bridgehead atoms. The Balaban J connectivity index is 2.47. The molecule has 0 amide bonds. The van der Waals surface area contributed by atoms with Gasteiger partial charge in [0.1, 0.15) is 0 Å². The quantitative estimate of drug-likeness (QED) is 0.633. The van der Waals surface area contributed by atoms with Gasteiger partial charge in [-0.2, -0.15) is 0 Å². The topological polar surface area (TPSA) is 20.2 Å². The van der Waals surface area contributed by atoms with Gasteiger partial charge < -0.3 is 5.11 Å². The van der Waals surface area contributed by atoms with Gasteiger partial charge in [-0.15, -0.1) is 0 Å². The number of benzene rings is 1. The molecule has 0 saturated carbocycles. The fraction of sp³-hybridized carbons (Fsp3) is 0.455. The van der Waals surface area contributed by atoms with Gasteiger partial charge in [-0.1, -0.05) is 30.2 Å². The van der Waals surface area contributed by atoms with Crippen LogP contribution in [0.15, 0.2) is 18.2 Å². The van der Waals surface area contributed by atoms with Gasteiger partial charge in [-0.25, -0.2) is 0 Å². The lowest BCUT2D eigenvalue weighted by Crippen LogP contribution is -1.98. The van der Waals surface area contributed by atoms with Gasteiger partial charge in [-0.05, 0) is 36.5 Å². The summed E-state index contributed by atoms with van der Waals surface area (Å²) < 4.78 is 0. The predicted molar refractivity (Wildman–Crippen MR) is 54.0 cm³/mol. The Labute approximate surface area is 83.3 Å². The smallest absolute Gasteiger partial charge is 0.0793 e. The highest BCUT2D eigenvalue weighted by molar-refractivity contribution is 6.31. The first-order chi connectivity index (χ1) is 6.29. The molecule has 0 aromatic heterocycles. The zero-order chi connectivity index (χ0) is 9.26. The van der Waals surface area contributed by atoms with E-state index in [1.165, 1.54) is 0 Å². The molecular formula is C11H13ClO. The third kappa shape index (κ3) is 1.72. The van der Waals surface area contributed by atoms with Gasteiger partial charge in [0.2, 0.25) is 0 Å². The van der Waals surface area contributed by atoms with Gasteiger partial charge in [0.15, 0.2) is 0 Å². The molecule has 0 saturated heterocycles. The van der Waals surface area contributed by atoms with E-state index >= 15 is 0 Å². The second-order valence-corrected chi connectivity index (χ2v) is 3.98. The van der Waals surface area contributed by atoms with Gasteiger partial charge in [0.05, 0.1) is 6.10 Å². The monoisotopic (exact) mass is 196 g/mol. The lowest BCUT2D eigenvalue weighted by molar-refractivity contribution is 0.166. The largest absolute Gasteiger partial charge is 0.388 e. The number of rotatable bonds is 0. The molecular weight excluding hydrogens is 184 g/mol. The van der Waals surface area contributed by atoms with Crippen molar-refractivity contribution in [3.63, 3.8) is 0 Å². The van der Waals surface area contributed by atoms with E-state index in [9.17, 15) is 5.11 Å². The van der Waals surface area contributed by atoms with Crippen LogP contribution in [0.5, 0.6) is 0 Å². The van der Waals surface area contributed by atoms with Crippen molar-refractivity contribution in [1.82, 2.24) is 0 Å². The van der Waals surface area contributed by atoms with Crippen LogP contribution in [-0.2, 0) is 6.42 Å². The van der Waals surface area contributed by atoms with E-state index in [2.05, 4.69) is 0 Å². The van der Waals surface area contributed by atoms with Crippen LogP contribution < -0.4 is 0 Å². The first-order valence-corrected chi connectivity index (χ1v) is 5.12. The van der Waals surface area contributed by atoms with Crippen LogP contribution in [0.1, 0.15) is 36.5 Å². The molecule has 0 spiro atoms. The van der Waals surface area contributed by atoms with Gasteiger partial charge in [0.25, 0.3) is 0 Å². The van der Waals surface area contributed by atoms with E-state index in [0.29, 0.717) is 0 Å². The fourth-order valence-corrected chi connectivity index (χ4v) is 2.22. The van der Waals surface area contributed by atoms with Crippen molar-refractivity contribution in [3.8, 4) is 0 Å². The van der Waals surface area contributed by atoms with Crippen LogP contribution in [0.3, 0.4) is 0 Å². The maximum absolute atomic E-state index is 9.81. The number of aliphatic hydroxyl groups excluding tert-OH is 1. The van der Waals surface area contributed by atoms with E-state index in [0.717, 1.165) is 41.8 Å². The molecule has 0 heterocycles. The van der Waals surface area contributed by atoms with Crippen LogP contribution in [-0.4, -0.2) is 5.11 Å². The van der Waals surface area contributed by atoms with Crippen molar-refractivity contribution < 1.29 is 5.11 Å². The van der Waals surface area contributed by atoms with Gasteiger partial charge >= 0.3 is 0 Å². The summed E-state index contributed by atoms with van der Waals surface area (Å²) in [6, 6.07) is 5.80. The Morgan fingerprint density at radius 1 is 1.31 bits per heavy atom. The number of halogens is 1. The lowest BCUT2D eigenvalue weighted by atomic mass is 10.0. The van der Waals surface area contributed by atoms with Gasteiger partial charge in [-0.3, -0.25) is 0 Å². The van der Waals surface area contributed by atoms with E-state index in [1.807, 2.05) is 18.2 Å². The molecule has 0 fully saturated rings. The van der Waals surface area contributed by atoms with Crippen molar-refractivity contribution in [2.75, 3.05) is 0 Å². The van der Waals surface area contributed by atoms with Crippen LogP contribution in [0.2, 0.25) is 5.02 Å². The molecule has 1 atom stereocenters. The third-order valence-corrected chi connectivity index (χ3v) is 3.02. The van der Waals surface area contributed by atoms with E-state index in [-0.39, 0.29) is 6.10 Å². The molecule has 13 heavy (non-hydrogen) atoms. The number of hydrogen-bond donors (Lipinski definition) is 1. The number of fused-ring (bicyclic) bond motifs is 1. The Kier molecular flexibility index (Phi) is 2.56. The maximum atomic E-state index is 9.81. The molecule has 1 aliphatic carbocycles. The van der Waals surface area contributed by atoms with Gasteiger partial charge in [0, 0.05) is 5.02 Å². The van der Waals surface area contributed by atoms with Crippen LogP contribution in [0.25, 0.3) is 0 Å². The Bertz CT molecular complexity index is 309. The first-order valence-electron chi connectivity index (χ1n) is 4.74. The Morgan fingerprint density at radius 2 is 2.15 bits per heavy atom. The molecule has 1 aromatic rings. The fourth-order valence-electron chi connectivity index (χ4n) is 1.95. The van der Waals surface area contributed by atoms with Crippen LogP contribution >= 0.6 is 11.6 Å². The minimum atomic E-state index is -0.309.